The number of carboxylic acids is 1. The van der Waals surface area contributed by atoms with Crippen molar-refractivity contribution < 1.29 is 67.3 Å². The summed E-state index contributed by atoms with van der Waals surface area (Å²) in [5.41, 5.74) is 1.80. The fraction of sp³-hybridized carbons (Fsp3) is 0.407. The van der Waals surface area contributed by atoms with Crippen molar-refractivity contribution >= 4 is 81.0 Å². The van der Waals surface area contributed by atoms with Crippen molar-refractivity contribution in [1.29, 1.82) is 0 Å². The number of carbonyl (C=O) groups excluding carboxylic acids is 9. The van der Waals surface area contributed by atoms with Crippen molar-refractivity contribution in [3.8, 4) is 11.4 Å². The maximum Gasteiger partial charge on any atom is 0.317 e. The zero-order chi connectivity index (χ0) is 57.2. The highest BCUT2D eigenvalue weighted by Gasteiger charge is 2.51. The Hall–Kier alpha value is -8.20. The number of nitrogens with one attached hydrogen (secondary N) is 7. The predicted molar refractivity (Wildman–Crippen MR) is 282 cm³/mol. The molecule has 0 saturated heterocycles. The molecule has 26 heteroatoms. The van der Waals surface area contributed by atoms with E-state index in [0.29, 0.717) is 75.1 Å². The van der Waals surface area contributed by atoms with Crippen LogP contribution in [0.4, 0.5) is 4.39 Å². The van der Waals surface area contributed by atoms with Crippen LogP contribution in [0.1, 0.15) is 77.6 Å². The number of aryl methyl sites for hydroxylation is 1. The number of thioether (sulfide) groups is 1. The summed E-state index contributed by atoms with van der Waals surface area (Å²) in [7, 11) is 0. The molecule has 1 saturated carbocycles. The number of benzene rings is 2. The Morgan fingerprint density at radius 2 is 1.56 bits per heavy atom. The maximum atomic E-state index is 15.5. The molecule has 4 aromatic rings. The summed E-state index contributed by atoms with van der Waals surface area (Å²) < 4.78 is 22.9. The van der Waals surface area contributed by atoms with Gasteiger partial charge in [0.1, 0.15) is 24.6 Å². The first-order chi connectivity index (χ1) is 38.2. The average molecular weight is 1120 g/mol. The third kappa shape index (κ3) is 11.5. The first-order valence-corrected chi connectivity index (χ1v) is 26.8. The number of aliphatic carboxylic acids is 1. The third-order valence-corrected chi connectivity index (χ3v) is 16.1. The summed E-state index contributed by atoms with van der Waals surface area (Å²) >= 11 is 0.895. The second-order valence-corrected chi connectivity index (χ2v) is 21.1. The smallest absolute Gasteiger partial charge is 0.317 e. The third-order valence-electron chi connectivity index (χ3n) is 15.1. The van der Waals surface area contributed by atoms with Crippen LogP contribution < -0.4 is 42.8 Å². The largest absolute Gasteiger partial charge is 0.480 e. The average Bonchev–Trinajstić information content (AvgIpc) is 4.22. The van der Waals surface area contributed by atoms with E-state index in [-0.39, 0.29) is 55.5 Å². The number of ether oxygens (including phenoxy) is 1. The van der Waals surface area contributed by atoms with Gasteiger partial charge in [0.05, 0.1) is 67.7 Å². The van der Waals surface area contributed by atoms with Crippen LogP contribution in [-0.2, 0) is 83.4 Å². The van der Waals surface area contributed by atoms with Crippen LogP contribution in [0.15, 0.2) is 59.4 Å². The molecule has 80 heavy (non-hydrogen) atoms. The summed E-state index contributed by atoms with van der Waals surface area (Å²) in [5.74, 6) is -7.57. The highest BCUT2D eigenvalue weighted by atomic mass is 32.2. The van der Waals surface area contributed by atoms with Crippen LogP contribution in [-0.4, -0.2) is 141 Å². The van der Waals surface area contributed by atoms with Crippen molar-refractivity contribution in [3.63, 3.8) is 0 Å². The van der Waals surface area contributed by atoms with E-state index in [1.165, 1.54) is 6.07 Å². The molecular weight excluding hydrogens is 1060 g/mol. The molecule has 2 aromatic heterocycles. The molecule has 0 spiro atoms. The summed E-state index contributed by atoms with van der Waals surface area (Å²) in [6, 6.07) is 8.31. The Kier molecular flexibility index (Phi) is 16.4. The number of fused-ring (bicyclic) bond motifs is 5. The number of halogens is 1. The van der Waals surface area contributed by atoms with Gasteiger partial charge < -0.3 is 56.7 Å². The number of nitrogens with zero attached hydrogens (tertiary/aromatic N) is 3. The second-order valence-electron chi connectivity index (χ2n) is 20.2. The number of amides is 8. The first-order valence-electron chi connectivity index (χ1n) is 25.8. The minimum Gasteiger partial charge on any atom is -0.480 e. The van der Waals surface area contributed by atoms with Gasteiger partial charge in [0.25, 0.3) is 17.4 Å². The lowest BCUT2D eigenvalue weighted by atomic mass is 9.81. The van der Waals surface area contributed by atoms with Gasteiger partial charge in [0, 0.05) is 59.0 Å². The number of hydrogen-bond acceptors (Lipinski definition) is 16. The molecule has 1 fully saturated rings. The summed E-state index contributed by atoms with van der Waals surface area (Å²) in [5, 5.41) is 38.5. The molecule has 4 atom stereocenters. The van der Waals surface area contributed by atoms with Crippen LogP contribution in [0.2, 0.25) is 0 Å². The molecule has 1 unspecified atom stereocenters. The highest BCUT2D eigenvalue weighted by molar-refractivity contribution is 8.13. The first kappa shape index (κ1) is 56.5. The molecule has 2 aromatic carbocycles. The minimum absolute atomic E-state index is 0.0143. The van der Waals surface area contributed by atoms with Gasteiger partial charge in [0.2, 0.25) is 40.6 Å². The zero-order valence-electron chi connectivity index (χ0n) is 43.5. The Balaban J connectivity index is 0.776. The lowest BCUT2D eigenvalue weighted by molar-refractivity contribution is -0.145. The molecule has 0 radical (unpaired) electrons. The number of aromatic nitrogens is 2. The van der Waals surface area contributed by atoms with Crippen LogP contribution in [0, 0.1) is 18.2 Å². The van der Waals surface area contributed by atoms with Gasteiger partial charge in [-0.05, 0) is 67.3 Å². The van der Waals surface area contributed by atoms with Crippen molar-refractivity contribution in [1.82, 2.24) is 51.7 Å². The minimum atomic E-state index is -1.87. The number of imide groups is 1. The van der Waals surface area contributed by atoms with Gasteiger partial charge in [-0.1, -0.05) is 49.0 Å². The number of rotatable bonds is 23. The highest BCUT2D eigenvalue weighted by Crippen LogP contribution is 2.49. The van der Waals surface area contributed by atoms with Crippen LogP contribution in [0.3, 0.4) is 0 Å². The fourth-order valence-corrected chi connectivity index (χ4v) is 11.5. The summed E-state index contributed by atoms with van der Waals surface area (Å²) in [6.07, 6.45) is 3.73. The number of pyridine rings is 2. The molecule has 24 nitrogen and oxygen atoms in total. The molecule has 9 rings (SSSR count). The van der Waals surface area contributed by atoms with Gasteiger partial charge in [-0.25, -0.2) is 9.37 Å². The molecule has 8 amide bonds. The van der Waals surface area contributed by atoms with E-state index in [2.05, 4.69) is 37.2 Å². The van der Waals surface area contributed by atoms with Crippen molar-refractivity contribution in [2.75, 3.05) is 46.1 Å². The Morgan fingerprint density at radius 3 is 2.25 bits per heavy atom. The lowest BCUT2D eigenvalue weighted by Crippen LogP contribution is -2.56. The normalized spacial score (nSPS) is 18.8. The Morgan fingerprint density at radius 1 is 0.875 bits per heavy atom. The quantitative estimate of drug-likeness (QED) is 0.0221. The predicted octanol–water partition coefficient (Wildman–Crippen LogP) is -0.738. The number of aliphatic hydroxyl groups is 1. The van der Waals surface area contributed by atoms with Crippen LogP contribution in [0.5, 0.6) is 0 Å². The Labute approximate surface area is 459 Å². The van der Waals surface area contributed by atoms with Crippen molar-refractivity contribution in [2.24, 2.45) is 5.41 Å². The number of carboxylic acid groups (broad SMARTS) is 1. The molecule has 5 heterocycles. The summed E-state index contributed by atoms with van der Waals surface area (Å²) in [4.78, 5) is 147. The van der Waals surface area contributed by atoms with E-state index < -0.39 is 120 Å². The van der Waals surface area contributed by atoms with Crippen molar-refractivity contribution in [3.05, 3.63) is 110 Å². The van der Waals surface area contributed by atoms with E-state index >= 15 is 4.39 Å². The molecular formula is C54H57FN10O14S. The van der Waals surface area contributed by atoms with E-state index in [1.54, 1.807) is 54.8 Å². The van der Waals surface area contributed by atoms with Crippen LogP contribution in [0.25, 0.3) is 22.3 Å². The summed E-state index contributed by atoms with van der Waals surface area (Å²) in [6.45, 7) is 0.180. The van der Waals surface area contributed by atoms with Gasteiger partial charge in [-0.15, -0.1) is 0 Å². The Bertz CT molecular complexity index is 3370. The molecule has 0 bridgehead atoms. The van der Waals surface area contributed by atoms with Crippen molar-refractivity contribution in [2.45, 2.75) is 88.4 Å². The standard InChI is InChI=1S/C54H57FN10O14S/c1-3-54(78)32-16-37-47-30(23-64(37)50(75)31(32)24-80-52(54)77)46-34(10-9-29-27(2)33(55)17-35(62-47)45(29)46)63-51(76)53(13-14-53)25-79-26-60-40(67)20-58-48(73)36(15-28-7-5-4-6-8-28)61-41(68)21-57-39(66)19-59-49(74)38(18-56-22-44(71)72)65-42(69)11-12-43(65)70/h4-8,11-12,16-17,34,36,38,56,78H,3,9-10,13-15,18-26H2,1-2H3,(H,57,66)(H,58,73)(H,59,74)(H,60,67)(H,61,68)(H,63,76)(H,71,72)/t34-,36?,38+,54-/m0/s1. The van der Waals surface area contributed by atoms with E-state index in [4.69, 9.17) is 14.8 Å². The van der Waals surface area contributed by atoms with E-state index in [9.17, 15) is 57.8 Å². The topological polar surface area (TPSA) is 343 Å². The maximum absolute atomic E-state index is 15.5. The van der Waals surface area contributed by atoms with Crippen LogP contribution >= 0.6 is 11.8 Å². The van der Waals surface area contributed by atoms with Gasteiger partial charge >= 0.3 is 5.97 Å². The molecule has 420 valence electrons. The second kappa shape index (κ2) is 23.3. The molecule has 5 aliphatic rings. The SMILES string of the molecule is CC[C@@]1(O)C(=O)SCc2c1cc1n(c2=O)Cc2c-1nc1cc(F)c(C)c3c1c2[C@@H](NC(=O)C1(COCNC(=O)CNC(=O)C(Cc2ccccc2)NC(=O)CNC(=O)CNC(=O)[C@@H](CNCC(=O)O)N2C(=O)C=CC2=O)CC1)CC3. The molecule has 9 N–H and O–H groups in total. The van der Waals surface area contributed by atoms with Gasteiger partial charge in [-0.3, -0.25) is 57.6 Å². The van der Waals surface area contributed by atoms with E-state index in [1.807, 2.05) is 0 Å². The van der Waals surface area contributed by atoms with Gasteiger partial charge in [-0.2, -0.15) is 0 Å². The molecule has 3 aliphatic heterocycles. The monoisotopic (exact) mass is 1120 g/mol. The number of carbonyl (C=O) groups is 10. The lowest BCUT2D eigenvalue weighted by Gasteiger charge is -2.31. The fourth-order valence-electron chi connectivity index (χ4n) is 10.5. The zero-order valence-corrected chi connectivity index (χ0v) is 44.3. The van der Waals surface area contributed by atoms with E-state index in [0.717, 1.165) is 35.0 Å². The molecule has 2 aliphatic carbocycles. The van der Waals surface area contributed by atoms with Gasteiger partial charge in [0.15, 0.2) is 5.60 Å². The number of hydrogen-bond donors (Lipinski definition) is 9.